The highest BCUT2D eigenvalue weighted by Gasteiger charge is 2.47. The summed E-state index contributed by atoms with van der Waals surface area (Å²) < 4.78 is 34.3. The maximum absolute atomic E-state index is 12.8. The fraction of sp³-hybridized carbons (Fsp3) is 0.562. The van der Waals surface area contributed by atoms with Crippen LogP contribution in [0, 0.1) is 0 Å². The minimum absolute atomic E-state index is 0.113. The number of nitrogen functional groups attached to an aromatic ring is 1. The molecule has 2 aliphatic heterocycles. The maximum atomic E-state index is 12.8. The monoisotopic (exact) mass is 472 g/mol. The number of anilines is 1. The van der Waals surface area contributed by atoms with E-state index in [1.54, 1.807) is 0 Å². The number of aromatic nitrogens is 4. The van der Waals surface area contributed by atoms with Crippen molar-refractivity contribution in [1.29, 1.82) is 0 Å². The van der Waals surface area contributed by atoms with Gasteiger partial charge in [0.15, 0.2) is 17.7 Å². The number of aliphatic hydroxyl groups excluding tert-OH is 2. The molecule has 6 atom stereocenters. The van der Waals surface area contributed by atoms with Gasteiger partial charge in [-0.1, -0.05) is 0 Å². The summed E-state index contributed by atoms with van der Waals surface area (Å²) in [5.74, 6) is -1.85. The number of hydrogen-bond donors (Lipinski definition) is 4. The highest BCUT2D eigenvalue weighted by molar-refractivity contribution is 7.49. The molecule has 2 saturated heterocycles. The summed E-state index contributed by atoms with van der Waals surface area (Å²) in [6, 6.07) is -1.11. The lowest BCUT2D eigenvalue weighted by Gasteiger charge is -2.20. The van der Waals surface area contributed by atoms with Gasteiger partial charge in [0.1, 0.15) is 36.2 Å². The molecule has 0 aromatic carbocycles. The van der Waals surface area contributed by atoms with E-state index in [4.69, 9.17) is 29.8 Å². The van der Waals surface area contributed by atoms with Crippen molar-refractivity contribution in [3.8, 4) is 0 Å². The summed E-state index contributed by atoms with van der Waals surface area (Å²) >= 11 is 0. The molecule has 6 N–H and O–H groups in total. The number of nitrogens with zero attached hydrogens (tertiary/aromatic N) is 4. The first kappa shape index (κ1) is 22.5. The molecule has 0 spiro atoms. The van der Waals surface area contributed by atoms with Crippen LogP contribution in [-0.2, 0) is 32.5 Å². The van der Waals surface area contributed by atoms with Gasteiger partial charge in [0.05, 0.1) is 12.9 Å². The van der Waals surface area contributed by atoms with Crippen molar-refractivity contribution in [2.24, 2.45) is 5.73 Å². The number of carbonyl (C=O) groups is 2. The van der Waals surface area contributed by atoms with Gasteiger partial charge in [-0.25, -0.2) is 24.3 Å². The molecule has 16 heteroatoms. The van der Waals surface area contributed by atoms with E-state index in [2.05, 4.69) is 15.0 Å². The van der Waals surface area contributed by atoms with E-state index in [-0.39, 0.29) is 36.2 Å². The Hall–Kier alpha value is -2.68. The lowest BCUT2D eigenvalue weighted by atomic mass is 10.1. The molecule has 0 radical (unpaired) electrons. The van der Waals surface area contributed by atoms with Gasteiger partial charge in [0.25, 0.3) is 0 Å². The number of hydrogen-bond acceptors (Lipinski definition) is 14. The zero-order valence-corrected chi connectivity index (χ0v) is 17.4. The predicted molar refractivity (Wildman–Crippen MR) is 103 cm³/mol. The van der Waals surface area contributed by atoms with E-state index in [1.165, 1.54) is 17.2 Å². The van der Waals surface area contributed by atoms with E-state index < -0.39 is 56.9 Å². The summed E-state index contributed by atoms with van der Waals surface area (Å²) in [5, 5.41) is 20.8. The molecule has 2 aliphatic rings. The Morgan fingerprint density at radius 3 is 2.78 bits per heavy atom. The summed E-state index contributed by atoms with van der Waals surface area (Å²) in [6.45, 7) is -0.647. The smallest absolute Gasteiger partial charge is 0.387 e. The van der Waals surface area contributed by atoms with E-state index in [0.29, 0.717) is 0 Å². The number of carbonyl (C=O) groups excluding carboxylic acids is 2. The van der Waals surface area contributed by atoms with E-state index in [9.17, 15) is 24.4 Å². The van der Waals surface area contributed by atoms with Gasteiger partial charge in [0, 0.05) is 6.42 Å². The van der Waals surface area contributed by atoms with Crippen LogP contribution in [0.15, 0.2) is 12.7 Å². The van der Waals surface area contributed by atoms with E-state index >= 15 is 0 Å². The van der Waals surface area contributed by atoms with Crippen molar-refractivity contribution in [3.63, 3.8) is 0 Å². The van der Waals surface area contributed by atoms with Gasteiger partial charge in [-0.3, -0.25) is 13.9 Å². The van der Waals surface area contributed by atoms with Crippen molar-refractivity contribution >= 4 is 36.7 Å². The number of imidazole rings is 1. The summed E-state index contributed by atoms with van der Waals surface area (Å²) in [6.07, 6.45) is -2.63. The molecule has 0 bridgehead atoms. The number of phosphoric acid groups is 1. The van der Waals surface area contributed by atoms with E-state index in [0.717, 1.165) is 0 Å². The highest BCUT2D eigenvalue weighted by atomic mass is 31.2. The fourth-order valence-corrected chi connectivity index (χ4v) is 4.49. The van der Waals surface area contributed by atoms with Crippen molar-refractivity contribution in [2.45, 2.75) is 49.8 Å². The quantitative estimate of drug-likeness (QED) is 0.382. The van der Waals surface area contributed by atoms with Gasteiger partial charge in [-0.05, 0) is 12.8 Å². The lowest BCUT2D eigenvalue weighted by molar-refractivity contribution is -0.141. The molecule has 4 rings (SSSR count). The first-order valence-corrected chi connectivity index (χ1v) is 11.1. The molecule has 4 heterocycles. The standard InChI is InChI=1S/C16H21N6O9P/c17-7-2-1-3-9(23)30-32(27,31-16(7)26)28-4-8-11(24)12(25)15(29-8)22-6-21-10-13(18)19-5-20-14(10)22/h5-8,11-12,15,24-25H,1-4,17H2,(H2,18,19,20)/t7?,8-,11-,12-,15-,32?/m1/s1. The lowest BCUT2D eigenvalue weighted by Crippen LogP contribution is -2.34. The van der Waals surface area contributed by atoms with Crippen LogP contribution < -0.4 is 11.5 Å². The molecule has 2 fully saturated rings. The Morgan fingerprint density at radius 1 is 1.22 bits per heavy atom. The molecular formula is C16H21N6O9P. The van der Waals surface area contributed by atoms with Gasteiger partial charge in [-0.2, -0.15) is 0 Å². The topological polar surface area (TPSA) is 224 Å². The van der Waals surface area contributed by atoms with Crippen LogP contribution in [0.4, 0.5) is 5.82 Å². The molecular weight excluding hydrogens is 451 g/mol. The Balaban J connectivity index is 1.49. The molecule has 2 aromatic rings. The molecule has 32 heavy (non-hydrogen) atoms. The second-order valence-corrected chi connectivity index (χ2v) is 8.76. The Morgan fingerprint density at radius 2 is 2.00 bits per heavy atom. The van der Waals surface area contributed by atoms with Crippen LogP contribution in [-0.4, -0.2) is 72.6 Å². The molecule has 0 aliphatic carbocycles. The SMILES string of the molecule is Nc1ncnc2c1ncn2[C@@H]1O[C@H](COP2(=O)OC(=O)CCCC(N)C(=O)O2)[C@@H](O)[C@H]1O. The van der Waals surface area contributed by atoms with Crippen LogP contribution in [0.3, 0.4) is 0 Å². The summed E-state index contributed by atoms with van der Waals surface area (Å²) in [7, 11) is -4.69. The van der Waals surface area contributed by atoms with Gasteiger partial charge >= 0.3 is 19.8 Å². The van der Waals surface area contributed by atoms with E-state index in [1.807, 2.05) is 0 Å². The van der Waals surface area contributed by atoms with Crippen LogP contribution in [0.5, 0.6) is 0 Å². The molecule has 15 nitrogen and oxygen atoms in total. The Bertz CT molecular complexity index is 1080. The molecule has 0 saturated carbocycles. The average molecular weight is 472 g/mol. The number of ether oxygens (including phenoxy) is 1. The van der Waals surface area contributed by atoms with Crippen LogP contribution in [0.25, 0.3) is 11.2 Å². The average Bonchev–Trinajstić information content (AvgIpc) is 3.29. The third-order valence-electron chi connectivity index (χ3n) is 5.01. The third-order valence-corrected chi connectivity index (χ3v) is 6.31. The molecule has 0 amide bonds. The van der Waals surface area contributed by atoms with Crippen LogP contribution >= 0.6 is 7.82 Å². The fourth-order valence-electron chi connectivity index (χ4n) is 3.32. The molecule has 174 valence electrons. The van der Waals surface area contributed by atoms with Crippen LogP contribution in [0.1, 0.15) is 25.5 Å². The Kier molecular flexibility index (Phi) is 6.11. The number of nitrogens with two attached hydrogens (primary N) is 2. The number of fused-ring (bicyclic) bond motifs is 1. The molecule has 2 aromatic heterocycles. The maximum Gasteiger partial charge on any atom is 0.592 e. The van der Waals surface area contributed by atoms with Gasteiger partial charge < -0.3 is 35.5 Å². The van der Waals surface area contributed by atoms with Crippen molar-refractivity contribution < 1.29 is 42.7 Å². The minimum Gasteiger partial charge on any atom is -0.387 e. The summed E-state index contributed by atoms with van der Waals surface area (Å²) in [4.78, 5) is 35.7. The first-order chi connectivity index (χ1) is 15.2. The normalized spacial score (nSPS) is 33.9. The number of phosphoric ester groups is 1. The van der Waals surface area contributed by atoms with Crippen molar-refractivity contribution in [1.82, 2.24) is 19.5 Å². The number of rotatable bonds is 4. The van der Waals surface area contributed by atoms with Crippen molar-refractivity contribution in [2.75, 3.05) is 12.3 Å². The second kappa shape index (κ2) is 8.69. The third kappa shape index (κ3) is 4.30. The minimum atomic E-state index is -4.69. The van der Waals surface area contributed by atoms with Crippen LogP contribution in [0.2, 0.25) is 0 Å². The van der Waals surface area contributed by atoms with Gasteiger partial charge in [-0.15, -0.1) is 0 Å². The Labute approximate surface area is 180 Å². The number of aliphatic hydroxyl groups is 2. The largest absolute Gasteiger partial charge is 0.592 e. The van der Waals surface area contributed by atoms with Gasteiger partial charge in [0.2, 0.25) is 0 Å². The first-order valence-electron chi connectivity index (χ1n) is 9.59. The zero-order chi connectivity index (χ0) is 23.0. The van der Waals surface area contributed by atoms with Crippen molar-refractivity contribution in [3.05, 3.63) is 12.7 Å². The highest BCUT2D eigenvalue weighted by Crippen LogP contribution is 2.51. The second-order valence-electron chi connectivity index (χ2n) is 7.24. The molecule has 2 unspecified atom stereocenters. The zero-order valence-electron chi connectivity index (χ0n) is 16.5. The predicted octanol–water partition coefficient (Wildman–Crippen LogP) is -1.25. The summed E-state index contributed by atoms with van der Waals surface area (Å²) in [5.41, 5.74) is 11.9.